The molecule has 10 heavy (non-hydrogen) atoms. The van der Waals surface area contributed by atoms with Gasteiger partial charge < -0.3 is 4.74 Å². The molecule has 0 saturated carbocycles. The lowest BCUT2D eigenvalue weighted by atomic mass is 10.4. The SMILES string of the molecule is COc1ccc(C)nc1Cl. The highest BCUT2D eigenvalue weighted by Gasteiger charge is 1.98. The lowest BCUT2D eigenvalue weighted by Crippen LogP contribution is -1.87. The van der Waals surface area contributed by atoms with Crippen molar-refractivity contribution >= 4 is 11.6 Å². The summed E-state index contributed by atoms with van der Waals surface area (Å²) >= 11 is 5.69. The first-order valence-corrected chi connectivity index (χ1v) is 3.29. The number of nitrogens with zero attached hydrogens (tertiary/aromatic N) is 1. The van der Waals surface area contributed by atoms with Crippen molar-refractivity contribution in [2.45, 2.75) is 6.92 Å². The Morgan fingerprint density at radius 1 is 1.50 bits per heavy atom. The van der Waals surface area contributed by atoms with Crippen molar-refractivity contribution in [1.82, 2.24) is 4.98 Å². The average Bonchev–Trinajstić information content (AvgIpc) is 1.88. The number of aromatic nitrogens is 1. The molecule has 0 fully saturated rings. The van der Waals surface area contributed by atoms with Crippen molar-refractivity contribution in [3.05, 3.63) is 23.0 Å². The second-order valence-electron chi connectivity index (χ2n) is 1.95. The molecule has 0 aliphatic rings. The number of hydrogen-bond donors (Lipinski definition) is 0. The topological polar surface area (TPSA) is 22.1 Å². The van der Waals surface area contributed by atoms with E-state index in [0.717, 1.165) is 5.69 Å². The molecule has 1 aromatic rings. The smallest absolute Gasteiger partial charge is 0.171 e. The van der Waals surface area contributed by atoms with E-state index in [1.165, 1.54) is 0 Å². The normalized spacial score (nSPS) is 9.50. The monoisotopic (exact) mass is 157 g/mol. The van der Waals surface area contributed by atoms with Crippen LogP contribution in [0.4, 0.5) is 0 Å². The van der Waals surface area contributed by atoms with Gasteiger partial charge in [-0.3, -0.25) is 0 Å². The van der Waals surface area contributed by atoms with E-state index in [0.29, 0.717) is 10.9 Å². The third kappa shape index (κ3) is 1.39. The van der Waals surface area contributed by atoms with Crippen LogP contribution in [0.25, 0.3) is 0 Å². The van der Waals surface area contributed by atoms with Gasteiger partial charge in [0, 0.05) is 5.69 Å². The highest BCUT2D eigenvalue weighted by atomic mass is 35.5. The molecule has 54 valence electrons. The summed E-state index contributed by atoms with van der Waals surface area (Å²) in [4.78, 5) is 3.98. The van der Waals surface area contributed by atoms with Crippen LogP contribution in [0.15, 0.2) is 12.1 Å². The third-order valence-electron chi connectivity index (χ3n) is 1.17. The Kier molecular flexibility index (Phi) is 2.12. The van der Waals surface area contributed by atoms with Gasteiger partial charge in [-0.25, -0.2) is 4.98 Å². The average molecular weight is 158 g/mol. The highest BCUT2D eigenvalue weighted by molar-refractivity contribution is 6.30. The summed E-state index contributed by atoms with van der Waals surface area (Å²) in [6.45, 7) is 1.88. The largest absolute Gasteiger partial charge is 0.494 e. The summed E-state index contributed by atoms with van der Waals surface area (Å²) in [5.74, 6) is 0.618. The van der Waals surface area contributed by atoms with E-state index in [1.807, 2.05) is 13.0 Å². The van der Waals surface area contributed by atoms with Crippen molar-refractivity contribution in [1.29, 1.82) is 0 Å². The number of pyridine rings is 1. The first-order valence-electron chi connectivity index (χ1n) is 2.91. The Labute approximate surface area is 64.8 Å². The lowest BCUT2D eigenvalue weighted by molar-refractivity contribution is 0.413. The fraction of sp³-hybridized carbons (Fsp3) is 0.286. The van der Waals surface area contributed by atoms with Crippen LogP contribution in [0.5, 0.6) is 5.75 Å². The summed E-state index contributed by atoms with van der Waals surface area (Å²) in [5, 5.41) is 0.419. The van der Waals surface area contributed by atoms with E-state index in [9.17, 15) is 0 Å². The molecule has 0 spiro atoms. The first-order chi connectivity index (χ1) is 4.74. The highest BCUT2D eigenvalue weighted by Crippen LogP contribution is 2.20. The van der Waals surface area contributed by atoms with Crippen LogP contribution in [-0.2, 0) is 0 Å². The Morgan fingerprint density at radius 3 is 2.70 bits per heavy atom. The first kappa shape index (κ1) is 7.35. The maximum absolute atomic E-state index is 5.69. The summed E-state index contributed by atoms with van der Waals surface area (Å²) in [6, 6.07) is 3.65. The van der Waals surface area contributed by atoms with Crippen molar-refractivity contribution < 1.29 is 4.74 Å². The van der Waals surface area contributed by atoms with Crippen molar-refractivity contribution in [2.24, 2.45) is 0 Å². The number of aryl methyl sites for hydroxylation is 1. The van der Waals surface area contributed by atoms with Crippen molar-refractivity contribution in [3.63, 3.8) is 0 Å². The predicted octanol–water partition coefficient (Wildman–Crippen LogP) is 2.05. The number of methoxy groups -OCH3 is 1. The van der Waals surface area contributed by atoms with Gasteiger partial charge >= 0.3 is 0 Å². The maximum atomic E-state index is 5.69. The van der Waals surface area contributed by atoms with Crippen LogP contribution in [0.2, 0.25) is 5.15 Å². The summed E-state index contributed by atoms with van der Waals surface area (Å²) in [5.41, 5.74) is 0.894. The number of ether oxygens (including phenoxy) is 1. The summed E-state index contributed by atoms with van der Waals surface area (Å²) in [7, 11) is 1.57. The zero-order valence-electron chi connectivity index (χ0n) is 5.89. The van der Waals surface area contributed by atoms with Crippen LogP contribution in [0.1, 0.15) is 5.69 Å². The quantitative estimate of drug-likeness (QED) is 0.583. The molecule has 0 bridgehead atoms. The maximum Gasteiger partial charge on any atom is 0.171 e. The van der Waals surface area contributed by atoms with E-state index in [-0.39, 0.29) is 0 Å². The molecule has 2 nitrogen and oxygen atoms in total. The third-order valence-corrected chi connectivity index (χ3v) is 1.44. The van der Waals surface area contributed by atoms with Crippen LogP contribution in [-0.4, -0.2) is 12.1 Å². The van der Waals surface area contributed by atoms with E-state index < -0.39 is 0 Å². The molecule has 1 rings (SSSR count). The van der Waals surface area contributed by atoms with Crippen molar-refractivity contribution in [2.75, 3.05) is 7.11 Å². The van der Waals surface area contributed by atoms with E-state index in [2.05, 4.69) is 4.98 Å². The van der Waals surface area contributed by atoms with E-state index in [4.69, 9.17) is 16.3 Å². The van der Waals surface area contributed by atoms with Gasteiger partial charge in [0.2, 0.25) is 0 Å². The van der Waals surface area contributed by atoms with Crippen molar-refractivity contribution in [3.8, 4) is 5.75 Å². The van der Waals surface area contributed by atoms with Gasteiger partial charge in [0.05, 0.1) is 7.11 Å². The van der Waals surface area contributed by atoms with Gasteiger partial charge in [-0.15, -0.1) is 0 Å². The molecule has 1 heterocycles. The minimum atomic E-state index is 0.419. The summed E-state index contributed by atoms with van der Waals surface area (Å²) in [6.07, 6.45) is 0. The Bertz CT molecular complexity index is 237. The molecule has 0 aromatic carbocycles. The molecule has 0 aliphatic heterocycles. The number of hydrogen-bond acceptors (Lipinski definition) is 2. The van der Waals surface area contributed by atoms with Gasteiger partial charge in [-0.2, -0.15) is 0 Å². The number of rotatable bonds is 1. The van der Waals surface area contributed by atoms with E-state index in [1.54, 1.807) is 13.2 Å². The zero-order chi connectivity index (χ0) is 7.56. The standard InChI is InChI=1S/C7H8ClNO/c1-5-3-4-6(10-2)7(8)9-5/h3-4H,1-2H3. The Morgan fingerprint density at radius 2 is 2.20 bits per heavy atom. The Balaban J connectivity index is 3.07. The molecule has 0 unspecified atom stereocenters. The lowest BCUT2D eigenvalue weighted by Gasteiger charge is -2.00. The summed E-state index contributed by atoms with van der Waals surface area (Å²) < 4.78 is 4.91. The molecule has 0 saturated heterocycles. The van der Waals surface area contributed by atoms with Crippen LogP contribution in [0, 0.1) is 6.92 Å². The minimum absolute atomic E-state index is 0.419. The van der Waals surface area contributed by atoms with Gasteiger partial charge in [0.1, 0.15) is 0 Å². The molecular weight excluding hydrogens is 150 g/mol. The van der Waals surface area contributed by atoms with Crippen LogP contribution >= 0.6 is 11.6 Å². The molecular formula is C7H8ClNO. The predicted molar refractivity (Wildman–Crippen MR) is 40.5 cm³/mol. The number of halogens is 1. The second-order valence-corrected chi connectivity index (χ2v) is 2.30. The molecule has 0 amide bonds. The molecule has 0 aliphatic carbocycles. The molecule has 0 N–H and O–H groups in total. The van der Waals surface area contributed by atoms with Gasteiger partial charge in [-0.05, 0) is 19.1 Å². The van der Waals surface area contributed by atoms with Gasteiger partial charge in [-0.1, -0.05) is 11.6 Å². The van der Waals surface area contributed by atoms with Gasteiger partial charge in [0.15, 0.2) is 10.9 Å². The van der Waals surface area contributed by atoms with Crippen LogP contribution in [0.3, 0.4) is 0 Å². The fourth-order valence-electron chi connectivity index (χ4n) is 0.665. The molecule has 0 atom stereocenters. The minimum Gasteiger partial charge on any atom is -0.494 e. The fourth-order valence-corrected chi connectivity index (χ4v) is 0.938. The van der Waals surface area contributed by atoms with Gasteiger partial charge in [0.25, 0.3) is 0 Å². The molecule has 3 heteroatoms. The zero-order valence-corrected chi connectivity index (χ0v) is 6.64. The Hall–Kier alpha value is -0.760. The van der Waals surface area contributed by atoms with E-state index >= 15 is 0 Å². The molecule has 1 aromatic heterocycles. The second kappa shape index (κ2) is 2.88. The molecule has 0 radical (unpaired) electrons. The van der Waals surface area contributed by atoms with Crippen LogP contribution < -0.4 is 4.74 Å².